The van der Waals surface area contributed by atoms with E-state index >= 15 is 0 Å². The summed E-state index contributed by atoms with van der Waals surface area (Å²) < 4.78 is 31.7. The summed E-state index contributed by atoms with van der Waals surface area (Å²) in [7, 11) is 0. The lowest BCUT2D eigenvalue weighted by molar-refractivity contribution is 0.124. The average molecular weight is 294 g/mol. The largest absolute Gasteiger partial charge is 0.441 e. The minimum atomic E-state index is -0.771. The van der Waals surface area contributed by atoms with E-state index < -0.39 is 18.9 Å². The molecule has 3 rings (SSSR count). The van der Waals surface area contributed by atoms with E-state index in [1.54, 1.807) is 12.1 Å². The first-order valence-corrected chi connectivity index (χ1v) is 6.93. The minimum Gasteiger partial charge on any atom is -0.441 e. The Hall–Kier alpha value is -1.95. The molecular weight excluding hydrogens is 278 g/mol. The molecule has 4 nitrogen and oxygen atoms in total. The van der Waals surface area contributed by atoms with Gasteiger partial charge in [-0.2, -0.15) is 0 Å². The highest BCUT2D eigenvalue weighted by Crippen LogP contribution is 2.28. The Morgan fingerprint density at radius 1 is 1.43 bits per heavy atom. The van der Waals surface area contributed by atoms with E-state index in [-0.39, 0.29) is 12.4 Å². The lowest BCUT2D eigenvalue weighted by atomic mass is 9.99. The number of alkyl halides is 1. The molecule has 0 aliphatic carbocycles. The maximum absolute atomic E-state index is 14.3. The maximum Gasteiger partial charge on any atom is 0.414 e. The summed E-state index contributed by atoms with van der Waals surface area (Å²) >= 11 is 0. The summed E-state index contributed by atoms with van der Waals surface area (Å²) in [6.07, 6.45) is 1.33. The van der Waals surface area contributed by atoms with E-state index in [0.717, 1.165) is 25.1 Å². The fraction of sp³-hybridized carbons (Fsp3) is 0.400. The number of cyclic esters (lactones) is 1. The van der Waals surface area contributed by atoms with Crippen LogP contribution in [-0.4, -0.2) is 38.5 Å². The third kappa shape index (κ3) is 2.76. The zero-order valence-electron chi connectivity index (χ0n) is 11.4. The molecule has 2 aliphatic rings. The second-order valence-electron chi connectivity index (χ2n) is 5.12. The molecule has 21 heavy (non-hydrogen) atoms. The van der Waals surface area contributed by atoms with Crippen molar-refractivity contribution in [2.75, 3.05) is 31.2 Å². The molecule has 112 valence electrons. The van der Waals surface area contributed by atoms with Crippen LogP contribution in [0.4, 0.5) is 19.3 Å². The first-order valence-electron chi connectivity index (χ1n) is 6.93. The van der Waals surface area contributed by atoms with Crippen LogP contribution < -0.4 is 10.2 Å². The molecule has 1 fully saturated rings. The van der Waals surface area contributed by atoms with Crippen LogP contribution in [0, 0.1) is 5.82 Å². The van der Waals surface area contributed by atoms with E-state index in [0.29, 0.717) is 11.3 Å². The van der Waals surface area contributed by atoms with Gasteiger partial charge in [0.15, 0.2) is 0 Å². The third-order valence-corrected chi connectivity index (χ3v) is 3.72. The maximum atomic E-state index is 14.3. The van der Waals surface area contributed by atoms with Gasteiger partial charge in [0.1, 0.15) is 18.6 Å². The SMILES string of the molecule is O=C1OC(CF)CN1c1ccc(C2=CCNCC2)c(F)c1. The van der Waals surface area contributed by atoms with Crippen molar-refractivity contribution in [2.45, 2.75) is 12.5 Å². The summed E-state index contributed by atoms with van der Waals surface area (Å²) in [6.45, 7) is 0.931. The van der Waals surface area contributed by atoms with Crippen LogP contribution in [0.25, 0.3) is 5.57 Å². The summed E-state index contributed by atoms with van der Waals surface area (Å²) in [6, 6.07) is 4.64. The first kappa shape index (κ1) is 14.0. The Kier molecular flexibility index (Phi) is 3.88. The van der Waals surface area contributed by atoms with Gasteiger partial charge in [-0.25, -0.2) is 13.6 Å². The molecule has 1 unspecified atom stereocenters. The van der Waals surface area contributed by atoms with Crippen molar-refractivity contribution >= 4 is 17.4 Å². The Labute approximate surface area is 121 Å². The smallest absolute Gasteiger partial charge is 0.414 e. The van der Waals surface area contributed by atoms with Crippen molar-refractivity contribution in [3.63, 3.8) is 0 Å². The fourth-order valence-electron chi connectivity index (χ4n) is 2.61. The number of carbonyl (C=O) groups excluding carboxylic acids is 1. The molecule has 1 aromatic carbocycles. The highest BCUT2D eigenvalue weighted by atomic mass is 19.1. The highest BCUT2D eigenvalue weighted by molar-refractivity contribution is 5.90. The lowest BCUT2D eigenvalue weighted by Crippen LogP contribution is -2.25. The van der Waals surface area contributed by atoms with Gasteiger partial charge in [0.2, 0.25) is 0 Å². The quantitative estimate of drug-likeness (QED) is 0.931. The number of benzene rings is 1. The molecule has 1 atom stereocenters. The van der Waals surface area contributed by atoms with Crippen molar-refractivity contribution in [3.05, 3.63) is 35.7 Å². The van der Waals surface area contributed by atoms with Gasteiger partial charge in [0, 0.05) is 12.1 Å². The highest BCUT2D eigenvalue weighted by Gasteiger charge is 2.32. The molecule has 0 radical (unpaired) electrons. The number of hydrogen-bond donors (Lipinski definition) is 1. The van der Waals surface area contributed by atoms with Gasteiger partial charge >= 0.3 is 6.09 Å². The first-order chi connectivity index (χ1) is 10.2. The number of anilines is 1. The predicted octanol–water partition coefficient (Wildman–Crippen LogP) is 2.50. The van der Waals surface area contributed by atoms with Crippen molar-refractivity contribution in [1.29, 1.82) is 0 Å². The molecule has 1 N–H and O–H groups in total. The molecule has 0 aromatic heterocycles. The Bertz CT molecular complexity index is 589. The number of halogens is 2. The van der Waals surface area contributed by atoms with Gasteiger partial charge in [0.25, 0.3) is 0 Å². The van der Waals surface area contributed by atoms with Gasteiger partial charge in [-0.3, -0.25) is 4.90 Å². The third-order valence-electron chi connectivity index (χ3n) is 3.72. The van der Waals surface area contributed by atoms with E-state index in [9.17, 15) is 13.6 Å². The van der Waals surface area contributed by atoms with Gasteiger partial charge in [-0.15, -0.1) is 0 Å². The molecule has 2 heterocycles. The van der Waals surface area contributed by atoms with Crippen molar-refractivity contribution in [3.8, 4) is 0 Å². The zero-order chi connectivity index (χ0) is 14.8. The Balaban J connectivity index is 1.84. The van der Waals surface area contributed by atoms with Crippen molar-refractivity contribution in [1.82, 2.24) is 5.32 Å². The van der Waals surface area contributed by atoms with Crippen molar-refractivity contribution in [2.24, 2.45) is 0 Å². The molecule has 2 aliphatic heterocycles. The summed E-state index contributed by atoms with van der Waals surface area (Å²) in [5.74, 6) is -0.378. The monoisotopic (exact) mass is 294 g/mol. The molecular formula is C15H16F2N2O2. The van der Waals surface area contributed by atoms with Crippen LogP contribution in [0.15, 0.2) is 24.3 Å². The second-order valence-corrected chi connectivity index (χ2v) is 5.12. The summed E-state index contributed by atoms with van der Waals surface area (Å²) in [4.78, 5) is 12.9. The van der Waals surface area contributed by atoms with Crippen LogP contribution in [-0.2, 0) is 4.74 Å². The van der Waals surface area contributed by atoms with E-state index in [1.165, 1.54) is 11.0 Å². The Morgan fingerprint density at radius 3 is 2.90 bits per heavy atom. The van der Waals surface area contributed by atoms with Crippen LogP contribution in [0.1, 0.15) is 12.0 Å². The van der Waals surface area contributed by atoms with E-state index in [1.807, 2.05) is 6.08 Å². The normalized spacial score (nSPS) is 22.2. The number of ether oxygens (including phenoxy) is 1. The number of hydrogen-bond acceptors (Lipinski definition) is 3. The Morgan fingerprint density at radius 2 is 2.29 bits per heavy atom. The van der Waals surface area contributed by atoms with Crippen molar-refractivity contribution < 1.29 is 18.3 Å². The molecule has 6 heteroatoms. The molecule has 0 saturated carbocycles. The number of carbonyl (C=O) groups is 1. The number of nitrogens with zero attached hydrogens (tertiary/aromatic N) is 1. The lowest BCUT2D eigenvalue weighted by Gasteiger charge is -2.17. The number of nitrogens with one attached hydrogen (secondary N) is 1. The fourth-order valence-corrected chi connectivity index (χ4v) is 2.61. The number of amides is 1. The van der Waals surface area contributed by atoms with Crippen LogP contribution in [0.3, 0.4) is 0 Å². The predicted molar refractivity (Wildman–Crippen MR) is 75.5 cm³/mol. The summed E-state index contributed by atoms with van der Waals surface area (Å²) in [5, 5.41) is 3.17. The standard InChI is InChI=1S/C15H16F2N2O2/c16-8-12-9-19(15(20)21-12)11-1-2-13(14(17)7-11)10-3-5-18-6-4-10/h1-3,7,12,18H,4-6,8-9H2. The van der Waals surface area contributed by atoms with Gasteiger partial charge in [-0.05, 0) is 36.7 Å². The van der Waals surface area contributed by atoms with Gasteiger partial charge < -0.3 is 10.1 Å². The van der Waals surface area contributed by atoms with Crippen LogP contribution >= 0.6 is 0 Å². The second kappa shape index (κ2) is 5.81. The number of rotatable bonds is 3. The topological polar surface area (TPSA) is 41.6 Å². The molecule has 1 amide bonds. The van der Waals surface area contributed by atoms with Crippen LogP contribution in [0.2, 0.25) is 0 Å². The van der Waals surface area contributed by atoms with Gasteiger partial charge in [-0.1, -0.05) is 6.08 Å². The van der Waals surface area contributed by atoms with Crippen LogP contribution in [0.5, 0.6) is 0 Å². The molecule has 1 aromatic rings. The minimum absolute atomic E-state index is 0.112. The molecule has 0 bridgehead atoms. The molecule has 1 saturated heterocycles. The average Bonchev–Trinajstić information content (AvgIpc) is 2.89. The van der Waals surface area contributed by atoms with E-state index in [2.05, 4.69) is 5.32 Å². The zero-order valence-corrected chi connectivity index (χ0v) is 11.4. The van der Waals surface area contributed by atoms with Gasteiger partial charge in [0.05, 0.1) is 12.2 Å². The summed E-state index contributed by atoms with van der Waals surface area (Å²) in [5.41, 5.74) is 1.91. The molecule has 0 spiro atoms. The van der Waals surface area contributed by atoms with E-state index in [4.69, 9.17) is 4.74 Å².